The van der Waals surface area contributed by atoms with Gasteiger partial charge in [-0.05, 0) is 47.2 Å². The summed E-state index contributed by atoms with van der Waals surface area (Å²) in [5.74, 6) is -0.117. The third-order valence-corrected chi connectivity index (χ3v) is 2.88. The van der Waals surface area contributed by atoms with Crippen LogP contribution in [0.5, 0.6) is 0 Å². The highest BCUT2D eigenvalue weighted by Gasteiger charge is 2.07. The number of amides is 1. The predicted octanol–water partition coefficient (Wildman–Crippen LogP) is 1.42. The van der Waals surface area contributed by atoms with Crippen LogP contribution in [0.25, 0.3) is 0 Å². The molecule has 5 heteroatoms. The van der Waals surface area contributed by atoms with Crippen LogP contribution >= 0.6 is 22.6 Å². The van der Waals surface area contributed by atoms with E-state index >= 15 is 0 Å². The molecular formula is C12H16INO3. The van der Waals surface area contributed by atoms with Gasteiger partial charge in [0.15, 0.2) is 0 Å². The number of rotatable bonds is 6. The van der Waals surface area contributed by atoms with Crippen LogP contribution in [0, 0.1) is 3.57 Å². The van der Waals surface area contributed by atoms with E-state index in [4.69, 9.17) is 4.74 Å². The van der Waals surface area contributed by atoms with Gasteiger partial charge in [-0.3, -0.25) is 4.79 Å². The number of carbonyl (C=O) groups excluding carboxylic acids is 1. The number of aliphatic hydroxyl groups is 1. The number of aliphatic hydroxyl groups excluding tert-OH is 1. The normalized spacial score (nSPS) is 12.2. The van der Waals surface area contributed by atoms with E-state index in [1.54, 1.807) is 6.07 Å². The van der Waals surface area contributed by atoms with Crippen molar-refractivity contribution in [2.24, 2.45) is 0 Å². The Bertz CT molecular complexity index is 371. The Hall–Kier alpha value is -0.660. The molecule has 17 heavy (non-hydrogen) atoms. The summed E-state index contributed by atoms with van der Waals surface area (Å²) in [5, 5.41) is 12.2. The van der Waals surface area contributed by atoms with Crippen molar-refractivity contribution in [3.05, 3.63) is 33.4 Å². The van der Waals surface area contributed by atoms with Gasteiger partial charge < -0.3 is 15.2 Å². The lowest BCUT2D eigenvalue weighted by Gasteiger charge is -2.10. The van der Waals surface area contributed by atoms with Gasteiger partial charge in [0.2, 0.25) is 0 Å². The largest absolute Gasteiger partial charge is 0.391 e. The maximum absolute atomic E-state index is 11.7. The molecule has 1 amide bonds. The number of ether oxygens (including phenoxy) is 1. The molecule has 1 unspecified atom stereocenters. The minimum atomic E-state index is -0.531. The molecule has 0 saturated carbocycles. The number of benzene rings is 1. The first-order valence-electron chi connectivity index (χ1n) is 5.34. The van der Waals surface area contributed by atoms with E-state index in [2.05, 4.69) is 27.9 Å². The van der Waals surface area contributed by atoms with Gasteiger partial charge in [-0.25, -0.2) is 0 Å². The molecule has 1 rings (SSSR count). The molecule has 0 aliphatic heterocycles. The van der Waals surface area contributed by atoms with Crippen LogP contribution < -0.4 is 5.32 Å². The molecule has 1 atom stereocenters. The number of hydrogen-bond donors (Lipinski definition) is 2. The lowest BCUT2D eigenvalue weighted by atomic mass is 10.2. The zero-order chi connectivity index (χ0) is 12.7. The third-order valence-electron chi connectivity index (χ3n) is 2.21. The van der Waals surface area contributed by atoms with Crippen molar-refractivity contribution >= 4 is 28.5 Å². The molecule has 94 valence electrons. The Morgan fingerprint density at radius 1 is 1.59 bits per heavy atom. The topological polar surface area (TPSA) is 58.6 Å². The standard InChI is InChI=1S/C12H16INO3/c1-17-8-11(15)5-6-14-12(16)9-3-2-4-10(13)7-9/h2-4,7,11,15H,5-6,8H2,1H3,(H,14,16). The number of methoxy groups -OCH3 is 1. The highest BCUT2D eigenvalue weighted by atomic mass is 127. The molecule has 1 aromatic carbocycles. The molecule has 1 aromatic rings. The van der Waals surface area contributed by atoms with E-state index in [0.29, 0.717) is 25.1 Å². The van der Waals surface area contributed by atoms with Crippen molar-refractivity contribution < 1.29 is 14.6 Å². The van der Waals surface area contributed by atoms with Crippen LogP contribution in [-0.4, -0.2) is 37.4 Å². The maximum Gasteiger partial charge on any atom is 0.251 e. The van der Waals surface area contributed by atoms with Gasteiger partial charge in [0.25, 0.3) is 5.91 Å². The van der Waals surface area contributed by atoms with Gasteiger partial charge in [-0.15, -0.1) is 0 Å². The van der Waals surface area contributed by atoms with E-state index in [1.807, 2.05) is 18.2 Å². The summed E-state index contributed by atoms with van der Waals surface area (Å²) in [5.41, 5.74) is 0.637. The van der Waals surface area contributed by atoms with Gasteiger partial charge in [-0.1, -0.05) is 6.07 Å². The smallest absolute Gasteiger partial charge is 0.251 e. The fraction of sp³-hybridized carbons (Fsp3) is 0.417. The highest BCUT2D eigenvalue weighted by molar-refractivity contribution is 14.1. The Balaban J connectivity index is 2.35. The summed E-state index contributed by atoms with van der Waals surface area (Å²) in [7, 11) is 1.54. The fourth-order valence-corrected chi connectivity index (χ4v) is 1.90. The number of nitrogens with one attached hydrogen (secondary N) is 1. The maximum atomic E-state index is 11.7. The average Bonchev–Trinajstić information content (AvgIpc) is 2.29. The first-order chi connectivity index (χ1) is 8.13. The Morgan fingerprint density at radius 3 is 3.00 bits per heavy atom. The van der Waals surface area contributed by atoms with Crippen LogP contribution in [0.4, 0.5) is 0 Å². The molecule has 0 bridgehead atoms. The molecule has 0 fully saturated rings. The van der Waals surface area contributed by atoms with E-state index in [-0.39, 0.29) is 5.91 Å². The lowest BCUT2D eigenvalue weighted by molar-refractivity contribution is 0.0587. The fourth-order valence-electron chi connectivity index (χ4n) is 1.36. The van der Waals surface area contributed by atoms with Crippen molar-refractivity contribution in [2.45, 2.75) is 12.5 Å². The van der Waals surface area contributed by atoms with Gasteiger partial charge in [0, 0.05) is 22.8 Å². The van der Waals surface area contributed by atoms with Crippen LogP contribution in [0.15, 0.2) is 24.3 Å². The summed E-state index contributed by atoms with van der Waals surface area (Å²) in [4.78, 5) is 11.7. The number of hydrogen-bond acceptors (Lipinski definition) is 3. The zero-order valence-corrected chi connectivity index (χ0v) is 11.8. The first kappa shape index (κ1) is 14.4. The van der Waals surface area contributed by atoms with Crippen molar-refractivity contribution in [2.75, 3.05) is 20.3 Å². The molecule has 4 nitrogen and oxygen atoms in total. The summed E-state index contributed by atoms with van der Waals surface area (Å²) in [6.07, 6.45) is -0.0417. The van der Waals surface area contributed by atoms with Gasteiger partial charge >= 0.3 is 0 Å². The molecule has 0 saturated heterocycles. The number of carbonyl (C=O) groups is 1. The zero-order valence-electron chi connectivity index (χ0n) is 9.65. The highest BCUT2D eigenvalue weighted by Crippen LogP contribution is 2.07. The molecule has 0 radical (unpaired) electrons. The Labute approximate surface area is 115 Å². The first-order valence-corrected chi connectivity index (χ1v) is 6.42. The molecule has 0 aliphatic rings. The second-order valence-corrected chi connectivity index (χ2v) is 4.91. The van der Waals surface area contributed by atoms with Gasteiger partial charge in [0.1, 0.15) is 0 Å². The molecule has 0 aromatic heterocycles. The van der Waals surface area contributed by atoms with Crippen LogP contribution in [0.3, 0.4) is 0 Å². The SMILES string of the molecule is COCC(O)CCNC(=O)c1cccc(I)c1. The Morgan fingerprint density at radius 2 is 2.35 bits per heavy atom. The van der Waals surface area contributed by atoms with Crippen LogP contribution in [0.2, 0.25) is 0 Å². The van der Waals surface area contributed by atoms with E-state index < -0.39 is 6.10 Å². The summed E-state index contributed by atoms with van der Waals surface area (Å²) < 4.78 is 5.82. The Kier molecular flexibility index (Phi) is 6.46. The van der Waals surface area contributed by atoms with E-state index in [1.165, 1.54) is 7.11 Å². The van der Waals surface area contributed by atoms with E-state index in [0.717, 1.165) is 3.57 Å². The predicted molar refractivity (Wildman–Crippen MR) is 74.0 cm³/mol. The molecule has 0 heterocycles. The van der Waals surface area contributed by atoms with Gasteiger partial charge in [0.05, 0.1) is 12.7 Å². The molecular weight excluding hydrogens is 333 g/mol. The van der Waals surface area contributed by atoms with E-state index in [9.17, 15) is 9.90 Å². The molecule has 0 aliphatic carbocycles. The van der Waals surface area contributed by atoms with Crippen molar-refractivity contribution in [1.29, 1.82) is 0 Å². The summed E-state index contributed by atoms with van der Waals surface area (Å²) in [6, 6.07) is 7.36. The average molecular weight is 349 g/mol. The number of halogens is 1. The summed E-state index contributed by atoms with van der Waals surface area (Å²) >= 11 is 2.16. The van der Waals surface area contributed by atoms with Crippen LogP contribution in [-0.2, 0) is 4.74 Å². The van der Waals surface area contributed by atoms with Crippen molar-refractivity contribution in [3.8, 4) is 0 Å². The monoisotopic (exact) mass is 349 g/mol. The molecule has 2 N–H and O–H groups in total. The quantitative estimate of drug-likeness (QED) is 0.764. The summed E-state index contributed by atoms with van der Waals surface area (Å²) in [6.45, 7) is 0.730. The minimum Gasteiger partial charge on any atom is -0.391 e. The molecule has 0 spiro atoms. The van der Waals surface area contributed by atoms with Crippen molar-refractivity contribution in [3.63, 3.8) is 0 Å². The van der Waals surface area contributed by atoms with Crippen molar-refractivity contribution in [1.82, 2.24) is 5.32 Å². The second-order valence-electron chi connectivity index (χ2n) is 3.66. The lowest BCUT2D eigenvalue weighted by Crippen LogP contribution is -2.28. The van der Waals surface area contributed by atoms with Gasteiger partial charge in [-0.2, -0.15) is 0 Å². The third kappa shape index (κ3) is 5.47. The van der Waals surface area contributed by atoms with Crippen LogP contribution in [0.1, 0.15) is 16.8 Å². The minimum absolute atomic E-state index is 0.117. The second kappa shape index (κ2) is 7.62.